The summed E-state index contributed by atoms with van der Waals surface area (Å²) >= 11 is 0. The molecule has 20 heavy (non-hydrogen) atoms. The second-order valence-electron chi connectivity index (χ2n) is 7.54. The van der Waals surface area contributed by atoms with Crippen LogP contribution in [0, 0.1) is 17.8 Å². The van der Waals surface area contributed by atoms with Gasteiger partial charge in [0.05, 0.1) is 0 Å². The number of hydrogen-bond acceptors (Lipinski definition) is 2. The van der Waals surface area contributed by atoms with Crippen LogP contribution in [0.2, 0.25) is 0 Å². The lowest BCUT2D eigenvalue weighted by atomic mass is 9.86. The third-order valence-electron chi connectivity index (χ3n) is 5.51. The molecule has 3 heteroatoms. The van der Waals surface area contributed by atoms with Gasteiger partial charge in [0.1, 0.15) is 6.17 Å². The Morgan fingerprint density at radius 3 is 2.15 bits per heavy atom. The number of hydrogen-bond donors (Lipinski definition) is 0. The molecule has 0 bridgehead atoms. The Morgan fingerprint density at radius 1 is 1.00 bits per heavy atom. The van der Waals surface area contributed by atoms with E-state index < -0.39 is 6.17 Å². The molecule has 2 aliphatic rings. The Bertz CT molecular complexity index is 285. The van der Waals surface area contributed by atoms with Crippen LogP contribution in [0.4, 0.5) is 4.39 Å². The molecule has 118 valence electrons. The minimum absolute atomic E-state index is 0.264. The molecule has 0 N–H and O–H groups in total. The van der Waals surface area contributed by atoms with Crippen LogP contribution in [-0.2, 0) is 0 Å². The van der Waals surface area contributed by atoms with Gasteiger partial charge in [-0.15, -0.1) is 0 Å². The summed E-state index contributed by atoms with van der Waals surface area (Å²) in [5, 5.41) is 0. The summed E-state index contributed by atoms with van der Waals surface area (Å²) < 4.78 is 14.4. The summed E-state index contributed by atoms with van der Waals surface area (Å²) in [6.07, 6.45) is 3.01. The summed E-state index contributed by atoms with van der Waals surface area (Å²) in [7, 11) is 0. The SMILES string of the molecule is CC(C)C1CCN(C[C@@H]2CCN(C(C)C)C[C@@H]2F)CC1. The van der Waals surface area contributed by atoms with Crippen molar-refractivity contribution in [2.75, 3.05) is 32.7 Å². The lowest BCUT2D eigenvalue weighted by Gasteiger charge is -2.41. The summed E-state index contributed by atoms with van der Waals surface area (Å²) in [6.45, 7) is 14.1. The van der Waals surface area contributed by atoms with Crippen LogP contribution in [0.1, 0.15) is 47.0 Å². The zero-order chi connectivity index (χ0) is 14.7. The van der Waals surface area contributed by atoms with Crippen molar-refractivity contribution in [2.24, 2.45) is 17.8 Å². The molecule has 0 spiro atoms. The van der Waals surface area contributed by atoms with Gasteiger partial charge < -0.3 is 4.90 Å². The van der Waals surface area contributed by atoms with Crippen molar-refractivity contribution >= 4 is 0 Å². The van der Waals surface area contributed by atoms with Crippen molar-refractivity contribution in [1.29, 1.82) is 0 Å². The normalized spacial score (nSPS) is 31.4. The molecule has 2 rings (SSSR count). The van der Waals surface area contributed by atoms with E-state index in [0.717, 1.165) is 31.3 Å². The number of nitrogens with zero attached hydrogens (tertiary/aromatic N) is 2. The highest BCUT2D eigenvalue weighted by atomic mass is 19.1. The summed E-state index contributed by atoms with van der Waals surface area (Å²) in [4.78, 5) is 4.80. The van der Waals surface area contributed by atoms with Crippen LogP contribution < -0.4 is 0 Å². The zero-order valence-electron chi connectivity index (χ0n) is 13.8. The fraction of sp³-hybridized carbons (Fsp3) is 1.00. The maximum absolute atomic E-state index is 14.4. The first-order valence-corrected chi connectivity index (χ1v) is 8.57. The highest BCUT2D eigenvalue weighted by Crippen LogP contribution is 2.28. The van der Waals surface area contributed by atoms with Crippen molar-refractivity contribution in [1.82, 2.24) is 9.80 Å². The molecule has 2 aliphatic heterocycles. The number of halogens is 1. The van der Waals surface area contributed by atoms with Gasteiger partial charge in [-0.1, -0.05) is 13.8 Å². The number of piperidine rings is 2. The Hall–Kier alpha value is -0.150. The van der Waals surface area contributed by atoms with E-state index in [2.05, 4.69) is 37.5 Å². The lowest BCUT2D eigenvalue weighted by Crippen LogP contribution is -2.49. The van der Waals surface area contributed by atoms with Crippen LogP contribution in [0.15, 0.2) is 0 Å². The van der Waals surface area contributed by atoms with Gasteiger partial charge in [0.2, 0.25) is 0 Å². The Balaban J connectivity index is 1.75. The largest absolute Gasteiger partial charge is 0.303 e. The predicted molar refractivity (Wildman–Crippen MR) is 83.7 cm³/mol. The van der Waals surface area contributed by atoms with Gasteiger partial charge in [-0.05, 0) is 64.6 Å². The van der Waals surface area contributed by atoms with Crippen LogP contribution >= 0.6 is 0 Å². The van der Waals surface area contributed by atoms with Crippen LogP contribution in [0.3, 0.4) is 0 Å². The molecule has 2 atom stereocenters. The lowest BCUT2D eigenvalue weighted by molar-refractivity contribution is 0.0368. The molecule has 0 saturated carbocycles. The van der Waals surface area contributed by atoms with E-state index in [-0.39, 0.29) is 5.92 Å². The van der Waals surface area contributed by atoms with Crippen molar-refractivity contribution in [3.05, 3.63) is 0 Å². The van der Waals surface area contributed by atoms with E-state index in [1.807, 2.05) is 0 Å². The molecular weight excluding hydrogens is 251 g/mol. The Labute approximate surface area is 124 Å². The smallest absolute Gasteiger partial charge is 0.117 e. The highest BCUT2D eigenvalue weighted by Gasteiger charge is 2.32. The number of rotatable bonds is 4. The number of alkyl halides is 1. The average molecular weight is 284 g/mol. The molecule has 0 radical (unpaired) electrons. The number of likely N-dealkylation sites (tertiary alicyclic amines) is 2. The van der Waals surface area contributed by atoms with E-state index in [4.69, 9.17) is 0 Å². The van der Waals surface area contributed by atoms with Crippen LogP contribution in [0.25, 0.3) is 0 Å². The maximum atomic E-state index is 14.4. The third kappa shape index (κ3) is 4.17. The molecule has 0 aromatic carbocycles. The summed E-state index contributed by atoms with van der Waals surface area (Å²) in [5.74, 6) is 1.95. The minimum Gasteiger partial charge on any atom is -0.303 e. The predicted octanol–water partition coefficient (Wildman–Crippen LogP) is 3.42. The molecule has 2 saturated heterocycles. The van der Waals surface area contributed by atoms with Crippen LogP contribution in [0.5, 0.6) is 0 Å². The maximum Gasteiger partial charge on any atom is 0.117 e. The van der Waals surface area contributed by atoms with Gasteiger partial charge >= 0.3 is 0 Å². The molecule has 2 fully saturated rings. The first-order valence-electron chi connectivity index (χ1n) is 8.57. The van der Waals surface area contributed by atoms with E-state index >= 15 is 0 Å². The third-order valence-corrected chi connectivity index (χ3v) is 5.51. The molecular formula is C17H33FN2. The van der Waals surface area contributed by atoms with Gasteiger partial charge in [0.25, 0.3) is 0 Å². The van der Waals surface area contributed by atoms with E-state index in [9.17, 15) is 4.39 Å². The molecule has 0 amide bonds. The van der Waals surface area contributed by atoms with Gasteiger partial charge in [-0.25, -0.2) is 4.39 Å². The van der Waals surface area contributed by atoms with E-state index in [1.165, 1.54) is 25.9 Å². The van der Waals surface area contributed by atoms with Crippen molar-refractivity contribution in [3.63, 3.8) is 0 Å². The fourth-order valence-electron chi connectivity index (χ4n) is 3.79. The standard InChI is InChI=1S/C17H33FN2/c1-13(2)15-5-8-19(9-6-15)11-16-7-10-20(14(3)4)12-17(16)18/h13-17H,5-12H2,1-4H3/t16-,17-/m0/s1. The molecule has 0 aromatic heterocycles. The van der Waals surface area contributed by atoms with Crippen LogP contribution in [-0.4, -0.2) is 54.7 Å². The Kier molecular flexibility index (Phi) is 5.85. The monoisotopic (exact) mass is 284 g/mol. The van der Waals surface area contributed by atoms with Crippen molar-refractivity contribution in [3.8, 4) is 0 Å². The van der Waals surface area contributed by atoms with Gasteiger partial charge in [-0.3, -0.25) is 4.90 Å². The molecule has 2 heterocycles. The van der Waals surface area contributed by atoms with Crippen molar-refractivity contribution < 1.29 is 4.39 Å². The summed E-state index contributed by atoms with van der Waals surface area (Å²) in [6, 6.07) is 0.482. The second kappa shape index (κ2) is 7.22. The molecule has 2 nitrogen and oxygen atoms in total. The topological polar surface area (TPSA) is 6.48 Å². The molecule has 0 unspecified atom stereocenters. The molecule has 0 aromatic rings. The van der Waals surface area contributed by atoms with Crippen molar-refractivity contribution in [2.45, 2.75) is 59.2 Å². The fourth-order valence-corrected chi connectivity index (χ4v) is 3.79. The van der Waals surface area contributed by atoms with Gasteiger partial charge in [0.15, 0.2) is 0 Å². The van der Waals surface area contributed by atoms with E-state index in [0.29, 0.717) is 12.6 Å². The molecule has 0 aliphatic carbocycles. The summed E-state index contributed by atoms with van der Waals surface area (Å²) in [5.41, 5.74) is 0. The second-order valence-corrected chi connectivity index (χ2v) is 7.54. The van der Waals surface area contributed by atoms with E-state index in [1.54, 1.807) is 0 Å². The van der Waals surface area contributed by atoms with Gasteiger partial charge in [0, 0.05) is 25.0 Å². The highest BCUT2D eigenvalue weighted by molar-refractivity contribution is 4.85. The quantitative estimate of drug-likeness (QED) is 0.780. The zero-order valence-corrected chi connectivity index (χ0v) is 13.8. The van der Waals surface area contributed by atoms with Gasteiger partial charge in [-0.2, -0.15) is 0 Å². The average Bonchev–Trinajstić information content (AvgIpc) is 2.41. The minimum atomic E-state index is -0.631. The Morgan fingerprint density at radius 2 is 1.65 bits per heavy atom. The first-order chi connectivity index (χ1) is 9.47. The first kappa shape index (κ1) is 16.2.